The van der Waals surface area contributed by atoms with Crippen LogP contribution < -0.4 is 0 Å². The average molecular weight is 373 g/mol. The summed E-state index contributed by atoms with van der Waals surface area (Å²) in [6.45, 7) is 7.50. The van der Waals surface area contributed by atoms with Gasteiger partial charge in [-0.05, 0) is 65.4 Å². The Morgan fingerprint density at radius 3 is 2.37 bits per heavy atom. The summed E-state index contributed by atoms with van der Waals surface area (Å²) >= 11 is 0. The lowest BCUT2D eigenvalue weighted by Crippen LogP contribution is -2.36. The predicted molar refractivity (Wildman–Crippen MR) is 108 cm³/mol. The first-order chi connectivity index (χ1) is 12.7. The second kappa shape index (κ2) is 9.15. The van der Waals surface area contributed by atoms with Gasteiger partial charge in [0.25, 0.3) is 5.91 Å². The normalized spacial score (nSPS) is 11.8. The van der Waals surface area contributed by atoms with Gasteiger partial charge in [0.15, 0.2) is 0 Å². The van der Waals surface area contributed by atoms with E-state index in [2.05, 4.69) is 14.9 Å². The van der Waals surface area contributed by atoms with Crippen molar-refractivity contribution in [1.29, 1.82) is 0 Å². The Morgan fingerprint density at radius 1 is 1.19 bits per heavy atom. The van der Waals surface area contributed by atoms with Crippen LogP contribution in [0.25, 0.3) is 0 Å². The number of aliphatic hydroxyl groups is 1. The number of nitrogens with zero attached hydrogens (tertiary/aromatic N) is 3. The second-order valence-electron chi connectivity index (χ2n) is 8.01. The molecular weight excluding hydrogens is 340 g/mol. The molecule has 2 N–H and O–H groups in total. The molecule has 6 heteroatoms. The third-order valence-corrected chi connectivity index (χ3v) is 4.61. The van der Waals surface area contributed by atoms with Crippen molar-refractivity contribution in [3.8, 4) is 0 Å². The summed E-state index contributed by atoms with van der Waals surface area (Å²) < 4.78 is 0. The third kappa shape index (κ3) is 6.81. The van der Waals surface area contributed by atoms with E-state index in [1.165, 1.54) is 0 Å². The number of carbonyl (C=O) groups excluding carboxylic acids is 1. The fourth-order valence-corrected chi connectivity index (χ4v) is 2.75. The van der Waals surface area contributed by atoms with Crippen molar-refractivity contribution >= 4 is 5.91 Å². The van der Waals surface area contributed by atoms with Crippen LogP contribution in [-0.4, -0.2) is 63.6 Å². The minimum atomic E-state index is -0.682. The van der Waals surface area contributed by atoms with Gasteiger partial charge in [0, 0.05) is 24.3 Å². The summed E-state index contributed by atoms with van der Waals surface area (Å²) in [5.41, 5.74) is 2.99. The van der Waals surface area contributed by atoms with E-state index in [9.17, 15) is 9.90 Å². The van der Waals surface area contributed by atoms with E-state index < -0.39 is 5.60 Å². The molecule has 27 heavy (non-hydrogen) atoms. The molecule has 148 valence electrons. The molecule has 1 amide bonds. The van der Waals surface area contributed by atoms with Crippen LogP contribution in [0.4, 0.5) is 0 Å². The van der Waals surface area contributed by atoms with Crippen molar-refractivity contribution in [2.45, 2.75) is 45.8 Å². The number of benzene rings is 1. The predicted octanol–water partition coefficient (Wildman–Crippen LogP) is 2.63. The molecule has 0 saturated heterocycles. The molecular formula is C21H32N4O2. The van der Waals surface area contributed by atoms with E-state index in [0.717, 1.165) is 29.9 Å². The summed E-state index contributed by atoms with van der Waals surface area (Å²) in [4.78, 5) is 24.4. The highest BCUT2D eigenvalue weighted by Gasteiger charge is 2.18. The lowest BCUT2D eigenvalue weighted by Gasteiger charge is -2.24. The fraction of sp³-hybridized carbons (Fsp3) is 0.524. The molecule has 0 spiro atoms. The van der Waals surface area contributed by atoms with Crippen LogP contribution in [0.15, 0.2) is 30.6 Å². The molecule has 0 aliphatic heterocycles. The molecule has 0 radical (unpaired) electrons. The smallest absolute Gasteiger partial charge is 0.254 e. The SMILES string of the molecule is Cc1[nH]cnc1CN(CCN(C)C)C(=O)c1ccc(CCC(C)(C)O)cc1. The van der Waals surface area contributed by atoms with Gasteiger partial charge in [-0.3, -0.25) is 4.79 Å². The zero-order chi connectivity index (χ0) is 20.0. The van der Waals surface area contributed by atoms with Gasteiger partial charge in [0.1, 0.15) is 0 Å². The number of H-pyrrole nitrogens is 1. The first-order valence-corrected chi connectivity index (χ1v) is 9.40. The maximum absolute atomic E-state index is 13.1. The number of hydrogen-bond acceptors (Lipinski definition) is 4. The molecule has 1 aromatic heterocycles. The standard InChI is InChI=1S/C21H32N4O2/c1-16-19(23-15-22-16)14-25(13-12-24(4)5)20(26)18-8-6-17(7-9-18)10-11-21(2,3)27/h6-9,15,27H,10-14H2,1-5H3,(H,22,23). The van der Waals surface area contributed by atoms with Gasteiger partial charge in [-0.1, -0.05) is 12.1 Å². The van der Waals surface area contributed by atoms with Gasteiger partial charge < -0.3 is 19.9 Å². The molecule has 0 bridgehead atoms. The van der Waals surface area contributed by atoms with Crippen LogP contribution in [0.2, 0.25) is 0 Å². The highest BCUT2D eigenvalue weighted by Crippen LogP contribution is 2.16. The van der Waals surface area contributed by atoms with Crippen LogP contribution in [0.5, 0.6) is 0 Å². The molecule has 1 heterocycles. The quantitative estimate of drug-likeness (QED) is 0.710. The van der Waals surface area contributed by atoms with Crippen molar-refractivity contribution in [1.82, 2.24) is 19.8 Å². The molecule has 2 aromatic rings. The van der Waals surface area contributed by atoms with Gasteiger partial charge in [0.05, 0.1) is 24.2 Å². The van der Waals surface area contributed by atoms with E-state index in [4.69, 9.17) is 0 Å². The Morgan fingerprint density at radius 2 is 1.85 bits per heavy atom. The summed E-state index contributed by atoms with van der Waals surface area (Å²) in [6, 6.07) is 7.70. The second-order valence-corrected chi connectivity index (χ2v) is 8.01. The Bertz CT molecular complexity index is 729. The zero-order valence-electron chi connectivity index (χ0n) is 17.1. The van der Waals surface area contributed by atoms with Crippen molar-refractivity contribution < 1.29 is 9.90 Å². The molecule has 6 nitrogen and oxygen atoms in total. The number of aromatic nitrogens is 2. The summed E-state index contributed by atoms with van der Waals surface area (Å²) in [5, 5.41) is 9.87. The lowest BCUT2D eigenvalue weighted by atomic mass is 9.98. The number of rotatable bonds is 9. The molecule has 0 aliphatic rings. The maximum atomic E-state index is 13.1. The van der Waals surface area contributed by atoms with Crippen molar-refractivity contribution in [3.63, 3.8) is 0 Å². The van der Waals surface area contributed by atoms with E-state index >= 15 is 0 Å². The van der Waals surface area contributed by atoms with Crippen LogP contribution in [-0.2, 0) is 13.0 Å². The van der Waals surface area contributed by atoms with Crippen LogP contribution in [0, 0.1) is 6.92 Å². The number of likely N-dealkylation sites (N-methyl/N-ethyl adjacent to an activating group) is 1. The van der Waals surface area contributed by atoms with Crippen LogP contribution in [0.3, 0.4) is 0 Å². The van der Waals surface area contributed by atoms with Crippen LogP contribution >= 0.6 is 0 Å². The fourth-order valence-electron chi connectivity index (χ4n) is 2.75. The number of aryl methyl sites for hydroxylation is 2. The van der Waals surface area contributed by atoms with E-state index in [-0.39, 0.29) is 5.91 Å². The Hall–Kier alpha value is -2.18. The first-order valence-electron chi connectivity index (χ1n) is 9.40. The monoisotopic (exact) mass is 372 g/mol. The summed E-state index contributed by atoms with van der Waals surface area (Å²) in [6.07, 6.45) is 3.14. The minimum absolute atomic E-state index is 0.00767. The molecule has 0 fully saturated rings. The van der Waals surface area contributed by atoms with E-state index in [1.807, 2.05) is 64.0 Å². The molecule has 1 aromatic carbocycles. The third-order valence-electron chi connectivity index (χ3n) is 4.61. The summed E-state index contributed by atoms with van der Waals surface area (Å²) in [7, 11) is 4.00. The lowest BCUT2D eigenvalue weighted by molar-refractivity contribution is 0.0709. The van der Waals surface area contributed by atoms with Gasteiger partial charge in [-0.25, -0.2) is 4.98 Å². The number of hydrogen-bond donors (Lipinski definition) is 2. The summed E-state index contributed by atoms with van der Waals surface area (Å²) in [5.74, 6) is 0.00767. The number of amides is 1. The van der Waals surface area contributed by atoms with Crippen molar-refractivity contribution in [3.05, 3.63) is 53.1 Å². The topological polar surface area (TPSA) is 72.5 Å². The van der Waals surface area contributed by atoms with Gasteiger partial charge in [-0.15, -0.1) is 0 Å². The van der Waals surface area contributed by atoms with Gasteiger partial charge in [0.2, 0.25) is 0 Å². The van der Waals surface area contributed by atoms with Crippen molar-refractivity contribution in [2.75, 3.05) is 27.2 Å². The first kappa shape index (κ1) is 21.1. The molecule has 0 atom stereocenters. The highest BCUT2D eigenvalue weighted by atomic mass is 16.3. The largest absolute Gasteiger partial charge is 0.390 e. The average Bonchev–Trinajstić information content (AvgIpc) is 3.00. The van der Waals surface area contributed by atoms with Gasteiger partial charge in [-0.2, -0.15) is 0 Å². The Kier molecular flexibility index (Phi) is 7.16. The number of nitrogens with one attached hydrogen (secondary N) is 1. The Balaban J connectivity index is 2.10. The van der Waals surface area contributed by atoms with E-state index in [0.29, 0.717) is 25.1 Å². The molecule has 0 aliphatic carbocycles. The number of imidazole rings is 1. The minimum Gasteiger partial charge on any atom is -0.390 e. The molecule has 0 unspecified atom stereocenters. The number of carbonyl (C=O) groups is 1. The van der Waals surface area contributed by atoms with Crippen molar-refractivity contribution in [2.24, 2.45) is 0 Å². The van der Waals surface area contributed by atoms with Gasteiger partial charge >= 0.3 is 0 Å². The zero-order valence-corrected chi connectivity index (χ0v) is 17.1. The highest BCUT2D eigenvalue weighted by molar-refractivity contribution is 5.94. The Labute approximate surface area is 162 Å². The molecule has 0 saturated carbocycles. The van der Waals surface area contributed by atoms with E-state index in [1.54, 1.807) is 6.33 Å². The maximum Gasteiger partial charge on any atom is 0.254 e. The number of aromatic amines is 1. The molecule has 2 rings (SSSR count). The van der Waals surface area contributed by atoms with Crippen LogP contribution in [0.1, 0.15) is 47.6 Å².